The van der Waals surface area contributed by atoms with Crippen molar-refractivity contribution < 1.29 is 13.9 Å². The predicted molar refractivity (Wildman–Crippen MR) is 117 cm³/mol. The number of ether oxygens (including phenoxy) is 1. The zero-order valence-electron chi connectivity index (χ0n) is 17.0. The molecule has 1 N–H and O–H groups in total. The summed E-state index contributed by atoms with van der Waals surface area (Å²) in [6.45, 7) is 5.83. The molecule has 2 heterocycles. The Kier molecular flexibility index (Phi) is 6.11. The lowest BCUT2D eigenvalue weighted by atomic mass is 10.1. The van der Waals surface area contributed by atoms with Crippen molar-refractivity contribution >= 4 is 22.4 Å². The molecule has 0 radical (unpaired) electrons. The number of benzene rings is 2. The number of rotatable bonds is 5. The van der Waals surface area contributed by atoms with E-state index < -0.39 is 0 Å². The van der Waals surface area contributed by atoms with Crippen molar-refractivity contribution in [3.63, 3.8) is 0 Å². The molecule has 2 aromatic carbocycles. The molecule has 1 saturated heterocycles. The standard InChI is InChI=1S/C23H24FN3O2S/c1-15-12-27(13-16(2)29-15)22(28)19-5-3-17(4-6-19)11-25-23-26-21(14-30-23)18-7-9-20(24)10-8-18/h3-10,14-16H,11-13H2,1-2H3,(H,25,26). The Hall–Kier alpha value is -2.77. The monoisotopic (exact) mass is 425 g/mol. The van der Waals surface area contributed by atoms with Gasteiger partial charge >= 0.3 is 0 Å². The molecule has 5 nitrogen and oxygen atoms in total. The van der Waals surface area contributed by atoms with Crippen LogP contribution in [0.2, 0.25) is 0 Å². The quantitative estimate of drug-likeness (QED) is 0.637. The molecule has 2 unspecified atom stereocenters. The molecule has 0 spiro atoms. The van der Waals surface area contributed by atoms with Crippen molar-refractivity contribution in [1.29, 1.82) is 0 Å². The lowest BCUT2D eigenvalue weighted by Gasteiger charge is -2.35. The molecule has 156 valence electrons. The van der Waals surface area contributed by atoms with Crippen molar-refractivity contribution in [3.05, 3.63) is 70.9 Å². The van der Waals surface area contributed by atoms with Gasteiger partial charge in [0.15, 0.2) is 5.13 Å². The Labute approximate surface area is 179 Å². The number of morpholine rings is 1. The highest BCUT2D eigenvalue weighted by Gasteiger charge is 2.26. The van der Waals surface area contributed by atoms with Crippen LogP contribution in [0, 0.1) is 5.82 Å². The Morgan fingerprint density at radius 3 is 2.47 bits per heavy atom. The van der Waals surface area contributed by atoms with Crippen molar-refractivity contribution in [2.75, 3.05) is 18.4 Å². The summed E-state index contributed by atoms with van der Waals surface area (Å²) in [6, 6.07) is 14.0. The van der Waals surface area contributed by atoms with E-state index in [4.69, 9.17) is 4.74 Å². The minimum absolute atomic E-state index is 0.0420. The maximum atomic E-state index is 13.1. The van der Waals surface area contributed by atoms with Gasteiger partial charge in [-0.05, 0) is 55.8 Å². The molecular weight excluding hydrogens is 401 g/mol. The van der Waals surface area contributed by atoms with Gasteiger partial charge in [-0.25, -0.2) is 9.37 Å². The van der Waals surface area contributed by atoms with Crippen LogP contribution in [0.4, 0.5) is 9.52 Å². The highest BCUT2D eigenvalue weighted by atomic mass is 32.1. The van der Waals surface area contributed by atoms with Gasteiger partial charge in [-0.2, -0.15) is 0 Å². The first-order valence-corrected chi connectivity index (χ1v) is 10.8. The van der Waals surface area contributed by atoms with Gasteiger partial charge in [-0.15, -0.1) is 11.3 Å². The number of hydrogen-bond acceptors (Lipinski definition) is 5. The van der Waals surface area contributed by atoms with Crippen LogP contribution in [0.5, 0.6) is 0 Å². The van der Waals surface area contributed by atoms with E-state index in [-0.39, 0.29) is 23.9 Å². The van der Waals surface area contributed by atoms with E-state index in [0.717, 1.165) is 22.0 Å². The molecule has 7 heteroatoms. The van der Waals surface area contributed by atoms with Crippen LogP contribution in [-0.2, 0) is 11.3 Å². The molecule has 0 saturated carbocycles. The van der Waals surface area contributed by atoms with Crippen LogP contribution < -0.4 is 5.32 Å². The first-order chi connectivity index (χ1) is 14.5. The van der Waals surface area contributed by atoms with Gasteiger partial charge in [-0.1, -0.05) is 12.1 Å². The van der Waals surface area contributed by atoms with Crippen molar-refractivity contribution in [2.45, 2.75) is 32.6 Å². The largest absolute Gasteiger partial charge is 0.372 e. The fraction of sp³-hybridized carbons (Fsp3) is 0.304. The molecule has 1 amide bonds. The minimum atomic E-state index is -0.257. The molecule has 1 aromatic heterocycles. The van der Waals surface area contributed by atoms with Crippen molar-refractivity contribution in [2.24, 2.45) is 0 Å². The number of anilines is 1. The van der Waals surface area contributed by atoms with Crippen LogP contribution >= 0.6 is 11.3 Å². The fourth-order valence-corrected chi connectivity index (χ4v) is 4.30. The Balaban J connectivity index is 1.35. The highest BCUT2D eigenvalue weighted by molar-refractivity contribution is 7.14. The third kappa shape index (κ3) is 4.86. The van der Waals surface area contributed by atoms with E-state index in [1.165, 1.54) is 23.5 Å². The number of halogens is 1. The van der Waals surface area contributed by atoms with Gasteiger partial charge in [0.2, 0.25) is 0 Å². The summed E-state index contributed by atoms with van der Waals surface area (Å²) in [7, 11) is 0. The number of nitrogens with zero attached hydrogens (tertiary/aromatic N) is 2. The lowest BCUT2D eigenvalue weighted by Crippen LogP contribution is -2.48. The molecule has 4 rings (SSSR count). The second-order valence-electron chi connectivity index (χ2n) is 7.56. The molecule has 3 aromatic rings. The van der Waals surface area contributed by atoms with E-state index in [9.17, 15) is 9.18 Å². The molecule has 1 aliphatic rings. The Morgan fingerprint density at radius 1 is 1.13 bits per heavy atom. The van der Waals surface area contributed by atoms with Crippen LogP contribution in [0.1, 0.15) is 29.8 Å². The number of carbonyl (C=O) groups is 1. The number of thiazole rings is 1. The van der Waals surface area contributed by atoms with Gasteiger partial charge < -0.3 is 15.0 Å². The van der Waals surface area contributed by atoms with Crippen LogP contribution in [-0.4, -0.2) is 41.1 Å². The van der Waals surface area contributed by atoms with E-state index in [0.29, 0.717) is 25.2 Å². The average molecular weight is 426 g/mol. The van der Waals surface area contributed by atoms with E-state index in [1.807, 2.05) is 48.4 Å². The van der Waals surface area contributed by atoms with E-state index in [2.05, 4.69) is 10.3 Å². The molecule has 2 atom stereocenters. The van der Waals surface area contributed by atoms with Gasteiger partial charge in [-0.3, -0.25) is 4.79 Å². The fourth-order valence-electron chi connectivity index (χ4n) is 3.58. The molecule has 0 bridgehead atoms. The summed E-state index contributed by atoms with van der Waals surface area (Å²) in [5.41, 5.74) is 3.45. The second-order valence-corrected chi connectivity index (χ2v) is 8.42. The first kappa shape index (κ1) is 20.5. The van der Waals surface area contributed by atoms with Crippen LogP contribution in [0.3, 0.4) is 0 Å². The number of carbonyl (C=O) groups excluding carboxylic acids is 1. The third-order valence-corrected chi connectivity index (χ3v) is 5.80. The maximum absolute atomic E-state index is 13.1. The van der Waals surface area contributed by atoms with Crippen LogP contribution in [0.15, 0.2) is 53.9 Å². The first-order valence-electron chi connectivity index (χ1n) is 9.97. The third-order valence-electron chi connectivity index (χ3n) is 5.00. The predicted octanol–water partition coefficient (Wildman–Crippen LogP) is 4.81. The summed E-state index contributed by atoms with van der Waals surface area (Å²) in [5, 5.41) is 6.05. The summed E-state index contributed by atoms with van der Waals surface area (Å²) >= 11 is 1.51. The normalized spacial score (nSPS) is 19.0. The molecule has 1 aliphatic heterocycles. The summed E-state index contributed by atoms with van der Waals surface area (Å²) in [6.07, 6.45) is 0.110. The minimum Gasteiger partial charge on any atom is -0.372 e. The van der Waals surface area contributed by atoms with Crippen LogP contribution in [0.25, 0.3) is 11.3 Å². The second kappa shape index (κ2) is 8.93. The zero-order valence-corrected chi connectivity index (χ0v) is 17.8. The summed E-state index contributed by atoms with van der Waals surface area (Å²) in [4.78, 5) is 19.2. The average Bonchev–Trinajstić information content (AvgIpc) is 3.21. The summed E-state index contributed by atoms with van der Waals surface area (Å²) < 4.78 is 18.8. The van der Waals surface area contributed by atoms with Gasteiger partial charge in [0.1, 0.15) is 5.82 Å². The Morgan fingerprint density at radius 2 is 1.80 bits per heavy atom. The van der Waals surface area contributed by atoms with Crippen molar-refractivity contribution in [3.8, 4) is 11.3 Å². The van der Waals surface area contributed by atoms with Gasteiger partial charge in [0, 0.05) is 36.1 Å². The van der Waals surface area contributed by atoms with Gasteiger partial charge in [0.25, 0.3) is 5.91 Å². The number of aromatic nitrogens is 1. The topological polar surface area (TPSA) is 54.5 Å². The van der Waals surface area contributed by atoms with Crippen molar-refractivity contribution in [1.82, 2.24) is 9.88 Å². The lowest BCUT2D eigenvalue weighted by molar-refractivity contribution is -0.0586. The van der Waals surface area contributed by atoms with Gasteiger partial charge in [0.05, 0.1) is 17.9 Å². The molecular formula is C23H24FN3O2S. The number of hydrogen-bond donors (Lipinski definition) is 1. The smallest absolute Gasteiger partial charge is 0.254 e. The Bertz CT molecular complexity index is 994. The highest BCUT2D eigenvalue weighted by Crippen LogP contribution is 2.25. The molecule has 0 aliphatic carbocycles. The molecule has 1 fully saturated rings. The summed E-state index contributed by atoms with van der Waals surface area (Å²) in [5.74, 6) is -0.215. The van der Waals surface area contributed by atoms with E-state index in [1.54, 1.807) is 12.1 Å². The number of amides is 1. The molecule has 30 heavy (non-hydrogen) atoms. The zero-order chi connectivity index (χ0) is 21.1. The SMILES string of the molecule is CC1CN(C(=O)c2ccc(CNc3nc(-c4ccc(F)cc4)cs3)cc2)CC(C)O1. The number of nitrogens with one attached hydrogen (secondary N) is 1. The maximum Gasteiger partial charge on any atom is 0.254 e. The van der Waals surface area contributed by atoms with E-state index >= 15 is 0 Å².